The van der Waals surface area contributed by atoms with E-state index in [1.54, 1.807) is 17.4 Å². The molecule has 1 heterocycles. The molecule has 0 fully saturated rings. The normalized spacial score (nSPS) is 14.8. The molecule has 0 amide bonds. The molecule has 0 unspecified atom stereocenters. The van der Waals surface area contributed by atoms with Crippen LogP contribution in [-0.4, -0.2) is 5.78 Å². The number of ketones is 1. The van der Waals surface area contributed by atoms with E-state index in [9.17, 15) is 4.79 Å². The average Bonchev–Trinajstić information content (AvgIpc) is 3.10. The Balaban J connectivity index is 0.000000187. The lowest BCUT2D eigenvalue weighted by Crippen LogP contribution is -2.00. The molecule has 0 atom stereocenters. The van der Waals surface area contributed by atoms with Gasteiger partial charge in [-0.2, -0.15) is 11.3 Å². The van der Waals surface area contributed by atoms with Gasteiger partial charge >= 0.3 is 0 Å². The van der Waals surface area contributed by atoms with Crippen molar-refractivity contribution in [1.82, 2.24) is 0 Å². The minimum absolute atomic E-state index is 0.110. The molecule has 2 aliphatic carbocycles. The molecule has 0 radical (unpaired) electrons. The molecule has 2 heteroatoms. The van der Waals surface area contributed by atoms with Crippen LogP contribution in [0.2, 0.25) is 0 Å². The highest BCUT2D eigenvalue weighted by molar-refractivity contribution is 7.07. The Labute approximate surface area is 116 Å². The second kappa shape index (κ2) is 5.21. The summed E-state index contributed by atoms with van der Waals surface area (Å²) in [5.74, 6) is 0.110. The van der Waals surface area contributed by atoms with Gasteiger partial charge in [0.15, 0.2) is 5.78 Å². The molecule has 92 valence electrons. The second-order valence-corrected chi connectivity index (χ2v) is 5.06. The fourth-order valence-corrected chi connectivity index (χ4v) is 2.63. The number of carbonyl (C=O) groups is 1. The van der Waals surface area contributed by atoms with Gasteiger partial charge in [0.25, 0.3) is 0 Å². The van der Waals surface area contributed by atoms with Crippen molar-refractivity contribution in [3.05, 3.63) is 82.1 Å². The molecule has 0 bridgehead atoms. The minimum atomic E-state index is 0.110. The fourth-order valence-electron chi connectivity index (χ4n) is 2.18. The van der Waals surface area contributed by atoms with Crippen LogP contribution in [-0.2, 0) is 4.79 Å². The third-order valence-corrected chi connectivity index (χ3v) is 3.67. The van der Waals surface area contributed by atoms with Gasteiger partial charge in [-0.25, -0.2) is 0 Å². The smallest absolute Gasteiger partial charge is 0.186 e. The van der Waals surface area contributed by atoms with Gasteiger partial charge in [-0.05, 0) is 39.6 Å². The molecule has 0 N–H and O–H groups in total. The van der Waals surface area contributed by atoms with Crippen molar-refractivity contribution in [2.75, 3.05) is 0 Å². The van der Waals surface area contributed by atoms with E-state index < -0.39 is 0 Å². The third-order valence-electron chi connectivity index (χ3n) is 3.04. The first kappa shape index (κ1) is 11.9. The summed E-state index contributed by atoms with van der Waals surface area (Å²) in [7, 11) is 0. The SMILES string of the molecule is O=C1C=CC=C2C1=Cc1ccccc12.c1ccsc1. The fraction of sp³-hybridized carbons (Fsp3) is 0. The lowest BCUT2D eigenvalue weighted by Gasteiger charge is -2.06. The van der Waals surface area contributed by atoms with Crippen molar-refractivity contribution in [2.24, 2.45) is 0 Å². The van der Waals surface area contributed by atoms with E-state index in [4.69, 9.17) is 0 Å². The van der Waals surface area contributed by atoms with E-state index in [1.165, 1.54) is 5.56 Å². The summed E-state index contributed by atoms with van der Waals surface area (Å²) in [5, 5.41) is 4.08. The number of hydrogen-bond donors (Lipinski definition) is 0. The maximum atomic E-state index is 11.5. The molecule has 0 saturated carbocycles. The topological polar surface area (TPSA) is 17.1 Å². The third kappa shape index (κ3) is 2.35. The van der Waals surface area contributed by atoms with Crippen molar-refractivity contribution in [3.63, 3.8) is 0 Å². The lowest BCUT2D eigenvalue weighted by atomic mass is 9.96. The summed E-state index contributed by atoms with van der Waals surface area (Å²) in [6, 6.07) is 12.1. The van der Waals surface area contributed by atoms with Crippen molar-refractivity contribution >= 4 is 28.8 Å². The average molecular weight is 264 g/mol. The van der Waals surface area contributed by atoms with Crippen LogP contribution in [0.1, 0.15) is 11.1 Å². The quantitative estimate of drug-likeness (QED) is 0.691. The van der Waals surface area contributed by atoms with Crippen LogP contribution in [0.5, 0.6) is 0 Å². The molecule has 1 aromatic heterocycles. The highest BCUT2D eigenvalue weighted by Crippen LogP contribution is 2.37. The van der Waals surface area contributed by atoms with Gasteiger partial charge in [0.2, 0.25) is 0 Å². The highest BCUT2D eigenvalue weighted by Gasteiger charge is 2.23. The number of carbonyl (C=O) groups excluding carboxylic acids is 1. The van der Waals surface area contributed by atoms with Gasteiger partial charge in [-0.15, -0.1) is 0 Å². The molecule has 0 aliphatic heterocycles. The van der Waals surface area contributed by atoms with Crippen LogP contribution in [0, 0.1) is 0 Å². The zero-order chi connectivity index (χ0) is 13.1. The molecule has 4 rings (SSSR count). The molecular formula is C17H12OS. The summed E-state index contributed by atoms with van der Waals surface area (Å²) >= 11 is 1.71. The zero-order valence-electron chi connectivity index (χ0n) is 10.2. The standard InChI is InChI=1S/C13H8O.C4H4S/c14-13-7-3-6-11-10-5-2-1-4-9(10)8-12(11)13;1-2-4-5-3-1/h1-8H;1-4H. The van der Waals surface area contributed by atoms with E-state index in [-0.39, 0.29) is 5.78 Å². The number of allylic oxidation sites excluding steroid dienone is 5. The van der Waals surface area contributed by atoms with Crippen molar-refractivity contribution in [1.29, 1.82) is 0 Å². The molecule has 1 nitrogen and oxygen atoms in total. The first-order chi connectivity index (χ1) is 9.36. The van der Waals surface area contributed by atoms with E-state index in [0.29, 0.717) is 0 Å². The van der Waals surface area contributed by atoms with Crippen LogP contribution in [0.4, 0.5) is 0 Å². The summed E-state index contributed by atoms with van der Waals surface area (Å²) in [5.41, 5.74) is 4.20. The Kier molecular flexibility index (Phi) is 3.25. The largest absolute Gasteiger partial charge is 0.289 e. The number of benzene rings is 1. The Bertz CT molecular complexity index is 671. The molecule has 0 spiro atoms. The zero-order valence-corrected chi connectivity index (χ0v) is 11.1. The van der Waals surface area contributed by atoms with Gasteiger partial charge in [0, 0.05) is 5.57 Å². The Hall–Kier alpha value is -2.19. The molecule has 0 saturated heterocycles. The Morgan fingerprint density at radius 1 is 0.895 bits per heavy atom. The number of thiophene rings is 1. The molecular weight excluding hydrogens is 252 g/mol. The van der Waals surface area contributed by atoms with Crippen LogP contribution in [0.3, 0.4) is 0 Å². The van der Waals surface area contributed by atoms with Crippen molar-refractivity contribution in [2.45, 2.75) is 0 Å². The van der Waals surface area contributed by atoms with E-state index in [0.717, 1.165) is 16.7 Å². The predicted octanol–water partition coefficient (Wildman–Crippen LogP) is 4.35. The van der Waals surface area contributed by atoms with Crippen LogP contribution in [0.25, 0.3) is 11.6 Å². The number of rotatable bonds is 0. The number of hydrogen-bond acceptors (Lipinski definition) is 2. The first-order valence-corrected chi connectivity index (χ1v) is 7.02. The van der Waals surface area contributed by atoms with Gasteiger partial charge in [-0.1, -0.05) is 48.6 Å². The molecule has 2 aliphatic rings. The minimum Gasteiger partial charge on any atom is -0.289 e. The predicted molar refractivity (Wildman–Crippen MR) is 80.9 cm³/mol. The maximum Gasteiger partial charge on any atom is 0.186 e. The maximum absolute atomic E-state index is 11.5. The van der Waals surface area contributed by atoms with Gasteiger partial charge in [0.1, 0.15) is 0 Å². The monoisotopic (exact) mass is 264 g/mol. The summed E-state index contributed by atoms with van der Waals surface area (Å²) < 4.78 is 0. The van der Waals surface area contributed by atoms with Crippen molar-refractivity contribution < 1.29 is 4.79 Å². The molecule has 19 heavy (non-hydrogen) atoms. The molecule has 2 aromatic rings. The van der Waals surface area contributed by atoms with Crippen molar-refractivity contribution in [3.8, 4) is 0 Å². The lowest BCUT2D eigenvalue weighted by molar-refractivity contribution is -0.110. The molecule has 1 aromatic carbocycles. The van der Waals surface area contributed by atoms with E-state index in [1.807, 2.05) is 59.3 Å². The van der Waals surface area contributed by atoms with Gasteiger partial charge < -0.3 is 0 Å². The van der Waals surface area contributed by atoms with Crippen LogP contribution >= 0.6 is 11.3 Å². The Morgan fingerprint density at radius 2 is 1.68 bits per heavy atom. The van der Waals surface area contributed by atoms with E-state index in [2.05, 4.69) is 6.07 Å². The van der Waals surface area contributed by atoms with Gasteiger partial charge in [-0.3, -0.25) is 4.79 Å². The van der Waals surface area contributed by atoms with E-state index >= 15 is 0 Å². The van der Waals surface area contributed by atoms with Crippen LogP contribution < -0.4 is 0 Å². The summed E-state index contributed by atoms with van der Waals surface area (Å²) in [6.45, 7) is 0. The second-order valence-electron chi connectivity index (χ2n) is 4.24. The summed E-state index contributed by atoms with van der Waals surface area (Å²) in [6.07, 6.45) is 7.39. The first-order valence-electron chi connectivity index (χ1n) is 6.07. The van der Waals surface area contributed by atoms with Crippen LogP contribution in [0.15, 0.2) is 71.0 Å². The Morgan fingerprint density at radius 3 is 2.42 bits per heavy atom. The highest BCUT2D eigenvalue weighted by atomic mass is 32.1. The number of fused-ring (bicyclic) bond motifs is 3. The van der Waals surface area contributed by atoms with Gasteiger partial charge in [0.05, 0.1) is 0 Å². The summed E-state index contributed by atoms with van der Waals surface area (Å²) in [4.78, 5) is 11.5.